The molecule has 1 N–H and O–H groups in total. The number of amides is 1. The zero-order chi connectivity index (χ0) is 24.5. The summed E-state index contributed by atoms with van der Waals surface area (Å²) in [5.41, 5.74) is 3.11. The monoisotopic (exact) mass is 474 g/mol. The summed E-state index contributed by atoms with van der Waals surface area (Å²) in [6.07, 6.45) is 3.62. The van der Waals surface area contributed by atoms with Crippen LogP contribution in [0.4, 0.5) is 0 Å². The van der Waals surface area contributed by atoms with Crippen LogP contribution in [0.1, 0.15) is 28.4 Å². The number of rotatable bonds is 10. The normalized spacial score (nSPS) is 15.4. The van der Waals surface area contributed by atoms with Crippen molar-refractivity contribution in [2.45, 2.75) is 26.1 Å². The number of nitrogens with zero attached hydrogens (tertiary/aromatic N) is 3. The summed E-state index contributed by atoms with van der Waals surface area (Å²) in [5.74, 6) is 1.32. The van der Waals surface area contributed by atoms with Crippen LogP contribution in [0.3, 0.4) is 0 Å². The van der Waals surface area contributed by atoms with Crippen molar-refractivity contribution in [3.63, 3.8) is 0 Å². The van der Waals surface area contributed by atoms with E-state index in [-0.39, 0.29) is 12.0 Å². The zero-order valence-electron chi connectivity index (χ0n) is 20.5. The van der Waals surface area contributed by atoms with E-state index in [1.165, 1.54) is 11.1 Å². The van der Waals surface area contributed by atoms with Crippen molar-refractivity contribution in [3.05, 3.63) is 89.7 Å². The molecular weight excluding hydrogens is 440 g/mol. The fraction of sp³-hybridized carbons (Fsp3) is 0.357. The lowest BCUT2D eigenvalue weighted by Gasteiger charge is -2.34. The first-order chi connectivity index (χ1) is 17.1. The fourth-order valence-corrected chi connectivity index (χ4v) is 4.16. The second-order valence-corrected chi connectivity index (χ2v) is 8.93. The van der Waals surface area contributed by atoms with Gasteiger partial charge in [0.1, 0.15) is 17.6 Å². The van der Waals surface area contributed by atoms with Gasteiger partial charge in [-0.05, 0) is 54.4 Å². The van der Waals surface area contributed by atoms with Gasteiger partial charge in [-0.2, -0.15) is 0 Å². The van der Waals surface area contributed by atoms with Gasteiger partial charge in [0.25, 0.3) is 5.91 Å². The van der Waals surface area contributed by atoms with Gasteiger partial charge in [-0.25, -0.2) is 0 Å². The SMILES string of the molecule is COc1cccc(C(=O)NCC(C)Oc2ccc(CN3CCN(Cc4cccnc4)CC3)cc2)c1. The summed E-state index contributed by atoms with van der Waals surface area (Å²) in [7, 11) is 1.59. The van der Waals surface area contributed by atoms with E-state index in [1.807, 2.05) is 43.6 Å². The maximum atomic E-state index is 12.4. The Balaban J connectivity index is 1.18. The molecule has 1 saturated heterocycles. The zero-order valence-corrected chi connectivity index (χ0v) is 20.5. The first-order valence-electron chi connectivity index (χ1n) is 12.1. The minimum absolute atomic E-state index is 0.143. The van der Waals surface area contributed by atoms with E-state index < -0.39 is 0 Å². The molecule has 1 atom stereocenters. The second-order valence-electron chi connectivity index (χ2n) is 8.93. The van der Waals surface area contributed by atoms with Gasteiger partial charge in [0.15, 0.2) is 0 Å². The third-order valence-corrected chi connectivity index (χ3v) is 6.14. The second kappa shape index (κ2) is 12.3. The maximum absolute atomic E-state index is 12.4. The van der Waals surface area contributed by atoms with Crippen LogP contribution in [0, 0.1) is 0 Å². The average molecular weight is 475 g/mol. The minimum atomic E-state index is -0.150. The smallest absolute Gasteiger partial charge is 0.251 e. The molecule has 1 amide bonds. The van der Waals surface area contributed by atoms with Gasteiger partial charge in [0.2, 0.25) is 0 Å². The molecule has 1 unspecified atom stereocenters. The van der Waals surface area contributed by atoms with E-state index >= 15 is 0 Å². The van der Waals surface area contributed by atoms with Crippen LogP contribution in [0.2, 0.25) is 0 Å². The Morgan fingerprint density at radius 1 is 0.943 bits per heavy atom. The largest absolute Gasteiger partial charge is 0.497 e. The van der Waals surface area contributed by atoms with E-state index in [1.54, 1.807) is 25.3 Å². The first-order valence-corrected chi connectivity index (χ1v) is 12.1. The summed E-state index contributed by atoms with van der Waals surface area (Å²) < 4.78 is 11.2. The van der Waals surface area contributed by atoms with Gasteiger partial charge in [-0.1, -0.05) is 24.3 Å². The summed E-state index contributed by atoms with van der Waals surface area (Å²) in [6.45, 7) is 8.51. The summed E-state index contributed by atoms with van der Waals surface area (Å²) in [4.78, 5) is 21.6. The van der Waals surface area contributed by atoms with E-state index in [9.17, 15) is 4.79 Å². The summed E-state index contributed by atoms with van der Waals surface area (Å²) >= 11 is 0. The van der Waals surface area contributed by atoms with Gasteiger partial charge >= 0.3 is 0 Å². The van der Waals surface area contributed by atoms with Crippen LogP contribution in [-0.4, -0.2) is 66.6 Å². The van der Waals surface area contributed by atoms with Crippen LogP contribution in [0.25, 0.3) is 0 Å². The van der Waals surface area contributed by atoms with Crippen LogP contribution in [0.15, 0.2) is 73.1 Å². The molecule has 3 aromatic rings. The Kier molecular flexibility index (Phi) is 8.70. The molecule has 0 spiro atoms. The van der Waals surface area contributed by atoms with Gasteiger partial charge in [-0.15, -0.1) is 0 Å². The van der Waals surface area contributed by atoms with Crippen molar-refractivity contribution in [3.8, 4) is 11.5 Å². The Hall–Kier alpha value is -3.42. The Morgan fingerprint density at radius 2 is 1.66 bits per heavy atom. The first kappa shape index (κ1) is 24.7. The molecule has 2 heterocycles. The quantitative estimate of drug-likeness (QED) is 0.484. The number of nitrogens with one attached hydrogen (secondary N) is 1. The van der Waals surface area contributed by atoms with Crippen LogP contribution in [-0.2, 0) is 13.1 Å². The van der Waals surface area contributed by atoms with E-state index in [4.69, 9.17) is 9.47 Å². The van der Waals surface area contributed by atoms with Gasteiger partial charge in [0.05, 0.1) is 13.7 Å². The van der Waals surface area contributed by atoms with Crippen molar-refractivity contribution >= 4 is 5.91 Å². The molecule has 7 heteroatoms. The molecule has 0 aliphatic carbocycles. The Labute approximate surface area is 207 Å². The van der Waals surface area contributed by atoms with Crippen molar-refractivity contribution < 1.29 is 14.3 Å². The molecule has 0 radical (unpaired) electrons. The fourth-order valence-electron chi connectivity index (χ4n) is 4.16. The average Bonchev–Trinajstić information content (AvgIpc) is 2.90. The highest BCUT2D eigenvalue weighted by Gasteiger charge is 2.17. The van der Waals surface area contributed by atoms with Crippen LogP contribution < -0.4 is 14.8 Å². The van der Waals surface area contributed by atoms with E-state index in [0.717, 1.165) is 45.0 Å². The molecular formula is C28H34N4O3. The predicted octanol–water partition coefficient (Wildman–Crippen LogP) is 3.61. The summed E-state index contributed by atoms with van der Waals surface area (Å²) in [5, 5.41) is 2.92. The van der Waals surface area contributed by atoms with E-state index in [2.05, 4.69) is 38.3 Å². The Bertz CT molecular complexity index is 1070. The van der Waals surface area contributed by atoms with Crippen LogP contribution in [0.5, 0.6) is 11.5 Å². The lowest BCUT2D eigenvalue weighted by Crippen LogP contribution is -2.45. The highest BCUT2D eigenvalue weighted by molar-refractivity contribution is 5.94. The standard InChI is InChI=1S/C28H34N4O3/c1-22(18-30-28(33)25-6-3-7-27(17-25)34-2)35-26-10-8-23(9-11-26)20-31-13-15-32(16-14-31)21-24-5-4-12-29-19-24/h3-12,17,19,22H,13-16,18,20-21H2,1-2H3,(H,30,33). The molecule has 2 aromatic carbocycles. The molecule has 1 aliphatic heterocycles. The van der Waals surface area contributed by atoms with Gasteiger partial charge < -0.3 is 14.8 Å². The lowest BCUT2D eigenvalue weighted by atomic mass is 10.1. The third kappa shape index (κ3) is 7.53. The van der Waals surface area contributed by atoms with Gasteiger partial charge in [0, 0.05) is 57.2 Å². The molecule has 1 aromatic heterocycles. The molecule has 184 valence electrons. The number of methoxy groups -OCH3 is 1. The summed E-state index contributed by atoms with van der Waals surface area (Å²) in [6, 6.07) is 19.5. The number of piperazine rings is 1. The number of pyridine rings is 1. The molecule has 1 fully saturated rings. The molecule has 0 bridgehead atoms. The maximum Gasteiger partial charge on any atom is 0.251 e. The van der Waals surface area contributed by atoms with Crippen molar-refractivity contribution in [2.75, 3.05) is 39.8 Å². The van der Waals surface area contributed by atoms with Crippen molar-refractivity contribution in [1.29, 1.82) is 0 Å². The number of hydrogen-bond acceptors (Lipinski definition) is 6. The molecule has 1 aliphatic rings. The number of aromatic nitrogens is 1. The molecule has 4 rings (SSSR count). The molecule has 35 heavy (non-hydrogen) atoms. The molecule has 7 nitrogen and oxygen atoms in total. The number of hydrogen-bond donors (Lipinski definition) is 1. The topological polar surface area (TPSA) is 66.9 Å². The third-order valence-electron chi connectivity index (χ3n) is 6.14. The van der Waals surface area contributed by atoms with E-state index in [0.29, 0.717) is 17.9 Å². The number of benzene rings is 2. The van der Waals surface area contributed by atoms with Crippen molar-refractivity contribution in [1.82, 2.24) is 20.1 Å². The highest BCUT2D eigenvalue weighted by Crippen LogP contribution is 2.17. The number of carbonyl (C=O) groups is 1. The molecule has 0 saturated carbocycles. The Morgan fingerprint density at radius 3 is 2.31 bits per heavy atom. The number of ether oxygens (including phenoxy) is 2. The predicted molar refractivity (Wildman–Crippen MR) is 137 cm³/mol. The highest BCUT2D eigenvalue weighted by atomic mass is 16.5. The van der Waals surface area contributed by atoms with Crippen LogP contribution >= 0.6 is 0 Å². The lowest BCUT2D eigenvalue weighted by molar-refractivity contribution is 0.0932. The van der Waals surface area contributed by atoms with Crippen molar-refractivity contribution in [2.24, 2.45) is 0 Å². The minimum Gasteiger partial charge on any atom is -0.497 e. The number of carbonyl (C=O) groups excluding carboxylic acids is 1. The van der Waals surface area contributed by atoms with Gasteiger partial charge in [-0.3, -0.25) is 19.6 Å².